The van der Waals surface area contributed by atoms with Gasteiger partial charge in [-0.05, 0) is 54.4 Å². The number of hydrogen-bond acceptors (Lipinski definition) is 6. The molecule has 1 saturated heterocycles. The Bertz CT molecular complexity index is 1530. The molecule has 0 unspecified atom stereocenters. The molecule has 0 aliphatic carbocycles. The van der Waals surface area contributed by atoms with Crippen LogP contribution in [0.15, 0.2) is 72.2 Å². The van der Waals surface area contributed by atoms with Crippen molar-refractivity contribution in [1.82, 2.24) is 24.3 Å². The summed E-state index contributed by atoms with van der Waals surface area (Å²) in [5.74, 6) is 1.49. The van der Waals surface area contributed by atoms with Crippen LogP contribution in [0.25, 0.3) is 27.8 Å². The summed E-state index contributed by atoms with van der Waals surface area (Å²) in [6.45, 7) is 1.24. The zero-order chi connectivity index (χ0) is 23.9. The second-order valence-corrected chi connectivity index (χ2v) is 8.82. The fraction of sp³-hybridized carbons (Fsp3) is 0.192. The summed E-state index contributed by atoms with van der Waals surface area (Å²) in [7, 11) is 0. The Labute approximate surface area is 200 Å². The molecule has 0 radical (unpaired) electrons. The predicted octanol–water partition coefficient (Wildman–Crippen LogP) is 4.88. The van der Waals surface area contributed by atoms with Gasteiger partial charge < -0.3 is 15.6 Å². The topological polar surface area (TPSA) is 122 Å². The normalized spacial score (nSPS) is 14.6. The van der Waals surface area contributed by atoms with Gasteiger partial charge >= 0.3 is 0 Å². The van der Waals surface area contributed by atoms with Crippen molar-refractivity contribution >= 4 is 33.8 Å². The molecule has 5 aromatic rings. The van der Waals surface area contributed by atoms with Crippen LogP contribution in [0.3, 0.4) is 0 Å². The molecular weight excluding hydrogens is 442 g/mol. The van der Waals surface area contributed by atoms with Gasteiger partial charge in [-0.15, -0.1) is 4.91 Å². The lowest BCUT2D eigenvalue weighted by atomic mass is 9.95. The number of aromatic nitrogens is 4. The maximum atomic E-state index is 12.9. The average molecular weight is 466 g/mol. The van der Waals surface area contributed by atoms with E-state index in [2.05, 4.69) is 27.3 Å². The summed E-state index contributed by atoms with van der Waals surface area (Å²) < 4.78 is 2.04. The maximum absolute atomic E-state index is 12.9. The third-order valence-corrected chi connectivity index (χ3v) is 6.76. The molecule has 2 aromatic carbocycles. The fourth-order valence-corrected chi connectivity index (χ4v) is 4.95. The van der Waals surface area contributed by atoms with Crippen molar-refractivity contribution in [3.8, 4) is 11.4 Å². The van der Waals surface area contributed by atoms with Crippen LogP contribution in [0.1, 0.15) is 34.9 Å². The quantitative estimate of drug-likeness (QED) is 0.367. The van der Waals surface area contributed by atoms with E-state index in [4.69, 9.17) is 10.7 Å². The van der Waals surface area contributed by atoms with Crippen molar-refractivity contribution in [2.45, 2.75) is 18.8 Å². The summed E-state index contributed by atoms with van der Waals surface area (Å²) in [5, 5.41) is 4.00. The van der Waals surface area contributed by atoms with Gasteiger partial charge in [0.25, 0.3) is 5.91 Å². The first-order valence-corrected chi connectivity index (χ1v) is 11.6. The molecule has 1 amide bonds. The van der Waals surface area contributed by atoms with E-state index in [1.165, 1.54) is 0 Å². The van der Waals surface area contributed by atoms with Gasteiger partial charge in [-0.1, -0.05) is 18.2 Å². The van der Waals surface area contributed by atoms with Crippen molar-refractivity contribution in [3.63, 3.8) is 0 Å². The lowest BCUT2D eigenvalue weighted by molar-refractivity contribution is 0.0711. The predicted molar refractivity (Wildman–Crippen MR) is 134 cm³/mol. The lowest BCUT2D eigenvalue weighted by Gasteiger charge is -2.31. The Morgan fingerprint density at radius 3 is 2.60 bits per heavy atom. The van der Waals surface area contributed by atoms with Gasteiger partial charge in [0.2, 0.25) is 0 Å². The Morgan fingerprint density at radius 1 is 1.09 bits per heavy atom. The summed E-state index contributed by atoms with van der Waals surface area (Å²) in [6.07, 6.45) is 5.17. The van der Waals surface area contributed by atoms with E-state index in [1.54, 1.807) is 30.5 Å². The molecule has 0 atom stereocenters. The van der Waals surface area contributed by atoms with E-state index in [1.807, 2.05) is 33.7 Å². The number of nitroso groups, excluding NO2 is 1. The highest BCUT2D eigenvalue weighted by molar-refractivity contribution is 5.94. The number of amides is 1. The van der Waals surface area contributed by atoms with Crippen LogP contribution in [0.4, 0.5) is 11.5 Å². The van der Waals surface area contributed by atoms with Gasteiger partial charge in [0, 0.05) is 47.9 Å². The number of rotatable bonds is 4. The number of carbonyl (C=O) groups is 1. The third-order valence-electron chi connectivity index (χ3n) is 6.76. The second-order valence-electron chi connectivity index (χ2n) is 8.82. The van der Waals surface area contributed by atoms with E-state index < -0.39 is 0 Å². The van der Waals surface area contributed by atoms with Crippen LogP contribution in [0, 0.1) is 4.91 Å². The molecule has 4 heterocycles. The summed E-state index contributed by atoms with van der Waals surface area (Å²) in [6, 6.07) is 16.6. The molecule has 1 aliphatic rings. The molecule has 35 heavy (non-hydrogen) atoms. The number of aromatic amines is 1. The van der Waals surface area contributed by atoms with Gasteiger partial charge in [0.15, 0.2) is 0 Å². The summed E-state index contributed by atoms with van der Waals surface area (Å²) >= 11 is 0. The van der Waals surface area contributed by atoms with Crippen molar-refractivity contribution in [2.75, 3.05) is 18.8 Å². The van der Waals surface area contributed by atoms with E-state index in [0.717, 1.165) is 46.5 Å². The molecule has 3 N–H and O–H groups in total. The number of fused-ring (bicyclic) bond motifs is 2. The number of likely N-dealkylation sites (tertiary alicyclic amines) is 1. The summed E-state index contributed by atoms with van der Waals surface area (Å²) in [4.78, 5) is 38.3. The van der Waals surface area contributed by atoms with Crippen molar-refractivity contribution in [3.05, 3.63) is 83.3 Å². The van der Waals surface area contributed by atoms with Crippen molar-refractivity contribution in [1.29, 1.82) is 0 Å². The number of imidazole rings is 1. The van der Waals surface area contributed by atoms with Crippen LogP contribution >= 0.6 is 0 Å². The number of nitrogen functional groups attached to an aromatic ring is 1. The fourth-order valence-electron chi connectivity index (χ4n) is 4.95. The van der Waals surface area contributed by atoms with E-state index in [-0.39, 0.29) is 11.8 Å². The standard InChI is InChI=1S/C26H23N7O2/c27-24-23-22(21-15-18-3-1-2-4-20(18)29-21)30-25(33(23)14-11-28-24)16-9-12-32(13-10-16)26(34)17-5-7-19(31-35)8-6-17/h1-8,11,14-16,29H,9-10,12-13H2,(H2,27,28). The Hall–Kier alpha value is -4.53. The molecule has 174 valence electrons. The molecule has 1 aliphatic heterocycles. The molecule has 9 nitrogen and oxygen atoms in total. The highest BCUT2D eigenvalue weighted by Crippen LogP contribution is 2.35. The van der Waals surface area contributed by atoms with E-state index in [0.29, 0.717) is 30.2 Å². The molecule has 0 saturated carbocycles. The monoisotopic (exact) mass is 465 g/mol. The first kappa shape index (κ1) is 21.0. The first-order chi connectivity index (χ1) is 17.1. The largest absolute Gasteiger partial charge is 0.382 e. The number of carbonyl (C=O) groups excluding carboxylic acids is 1. The highest BCUT2D eigenvalue weighted by Gasteiger charge is 2.29. The summed E-state index contributed by atoms with van der Waals surface area (Å²) in [5.41, 5.74) is 10.7. The zero-order valence-electron chi connectivity index (χ0n) is 18.9. The molecule has 9 heteroatoms. The van der Waals surface area contributed by atoms with Crippen LogP contribution < -0.4 is 5.73 Å². The Balaban J connectivity index is 1.29. The number of benzene rings is 2. The van der Waals surface area contributed by atoms with Crippen LogP contribution in [-0.2, 0) is 0 Å². The second kappa shape index (κ2) is 8.35. The maximum Gasteiger partial charge on any atom is 0.253 e. The molecule has 0 bridgehead atoms. The Morgan fingerprint density at radius 2 is 1.86 bits per heavy atom. The van der Waals surface area contributed by atoms with Gasteiger partial charge in [0.1, 0.15) is 28.5 Å². The number of nitrogens with two attached hydrogens (primary N) is 1. The van der Waals surface area contributed by atoms with Crippen LogP contribution in [-0.4, -0.2) is 43.2 Å². The van der Waals surface area contributed by atoms with Gasteiger partial charge in [-0.25, -0.2) is 9.97 Å². The molecule has 3 aromatic heterocycles. The van der Waals surface area contributed by atoms with Crippen LogP contribution in [0.5, 0.6) is 0 Å². The van der Waals surface area contributed by atoms with Crippen molar-refractivity contribution in [2.24, 2.45) is 5.18 Å². The molecule has 0 spiro atoms. The molecule has 6 rings (SSSR count). The smallest absolute Gasteiger partial charge is 0.253 e. The first-order valence-electron chi connectivity index (χ1n) is 11.6. The average Bonchev–Trinajstić information content (AvgIpc) is 3.51. The number of piperidine rings is 1. The minimum absolute atomic E-state index is 0.0407. The lowest BCUT2D eigenvalue weighted by Crippen LogP contribution is -2.38. The van der Waals surface area contributed by atoms with Gasteiger partial charge in [-0.3, -0.25) is 9.20 Å². The minimum Gasteiger partial charge on any atom is -0.382 e. The van der Waals surface area contributed by atoms with E-state index >= 15 is 0 Å². The van der Waals surface area contributed by atoms with Gasteiger partial charge in [-0.2, -0.15) is 0 Å². The van der Waals surface area contributed by atoms with E-state index in [9.17, 15) is 9.70 Å². The number of hydrogen-bond donors (Lipinski definition) is 2. The SMILES string of the molecule is Nc1nccn2c(C3CCN(C(=O)c4ccc(N=O)cc4)CC3)nc(-c3cc4ccccc4[nH]3)c12. The third kappa shape index (κ3) is 3.61. The number of anilines is 1. The number of nitrogens with one attached hydrogen (secondary N) is 1. The van der Waals surface area contributed by atoms with Crippen LogP contribution in [0.2, 0.25) is 0 Å². The number of H-pyrrole nitrogens is 1. The van der Waals surface area contributed by atoms with Gasteiger partial charge in [0.05, 0.1) is 5.69 Å². The Kier molecular flexibility index (Phi) is 5.02. The number of nitrogens with zero attached hydrogens (tertiary/aromatic N) is 5. The molecular formula is C26H23N7O2. The highest BCUT2D eigenvalue weighted by atomic mass is 16.3. The molecule has 1 fully saturated rings. The zero-order valence-corrected chi connectivity index (χ0v) is 18.9. The minimum atomic E-state index is -0.0407. The van der Waals surface area contributed by atoms with Crippen molar-refractivity contribution < 1.29 is 4.79 Å². The number of para-hydroxylation sites is 1.